The SMILES string of the molecule is CC(CCC(=O)O)NC(=O)NC1CCN2CCCC2C1. The summed E-state index contributed by atoms with van der Waals surface area (Å²) in [6, 6.07) is 0.608. The normalized spacial score (nSPS) is 27.6. The number of rotatable bonds is 5. The van der Waals surface area contributed by atoms with Gasteiger partial charge in [0.15, 0.2) is 0 Å². The minimum atomic E-state index is -0.826. The number of aliphatic carboxylic acids is 1. The van der Waals surface area contributed by atoms with Crippen molar-refractivity contribution in [3.05, 3.63) is 0 Å². The first-order valence-corrected chi connectivity index (χ1v) is 7.57. The zero-order valence-electron chi connectivity index (χ0n) is 12.1. The predicted molar refractivity (Wildman–Crippen MR) is 75.6 cm³/mol. The third-order valence-corrected chi connectivity index (χ3v) is 4.32. The van der Waals surface area contributed by atoms with Crippen molar-refractivity contribution in [3.63, 3.8) is 0 Å². The number of urea groups is 1. The van der Waals surface area contributed by atoms with E-state index in [9.17, 15) is 9.59 Å². The van der Waals surface area contributed by atoms with Crippen LogP contribution in [0.2, 0.25) is 0 Å². The van der Waals surface area contributed by atoms with Crippen LogP contribution in [0.15, 0.2) is 0 Å². The molecule has 2 fully saturated rings. The number of carbonyl (C=O) groups is 2. The molecular weight excluding hydrogens is 258 g/mol. The molecule has 0 radical (unpaired) electrons. The van der Waals surface area contributed by atoms with Gasteiger partial charge in [0, 0.05) is 31.1 Å². The monoisotopic (exact) mass is 283 g/mol. The number of nitrogens with zero attached hydrogens (tertiary/aromatic N) is 1. The highest BCUT2D eigenvalue weighted by Gasteiger charge is 2.32. The summed E-state index contributed by atoms with van der Waals surface area (Å²) < 4.78 is 0. The molecule has 2 heterocycles. The summed E-state index contributed by atoms with van der Waals surface area (Å²) in [5, 5.41) is 14.5. The van der Waals surface area contributed by atoms with Gasteiger partial charge >= 0.3 is 12.0 Å². The molecule has 3 unspecified atom stereocenters. The summed E-state index contributed by atoms with van der Waals surface area (Å²) in [5.74, 6) is -0.826. The second-order valence-electron chi connectivity index (χ2n) is 6.00. The minimum Gasteiger partial charge on any atom is -0.481 e. The van der Waals surface area contributed by atoms with Gasteiger partial charge in [0.2, 0.25) is 0 Å². The second-order valence-corrected chi connectivity index (χ2v) is 6.00. The van der Waals surface area contributed by atoms with Gasteiger partial charge in [0.05, 0.1) is 0 Å². The van der Waals surface area contributed by atoms with Crippen molar-refractivity contribution in [1.82, 2.24) is 15.5 Å². The number of amides is 2. The Morgan fingerprint density at radius 3 is 2.90 bits per heavy atom. The second kappa shape index (κ2) is 6.92. The molecule has 2 rings (SSSR count). The fraction of sp³-hybridized carbons (Fsp3) is 0.857. The van der Waals surface area contributed by atoms with E-state index in [1.54, 1.807) is 0 Å². The van der Waals surface area contributed by atoms with Gasteiger partial charge in [-0.05, 0) is 45.6 Å². The van der Waals surface area contributed by atoms with Gasteiger partial charge in [-0.1, -0.05) is 0 Å². The van der Waals surface area contributed by atoms with Crippen molar-refractivity contribution >= 4 is 12.0 Å². The molecule has 6 heteroatoms. The Morgan fingerprint density at radius 1 is 1.35 bits per heavy atom. The zero-order chi connectivity index (χ0) is 14.5. The molecule has 0 aromatic carbocycles. The Kier molecular flexibility index (Phi) is 5.23. The number of nitrogens with one attached hydrogen (secondary N) is 2. The molecule has 2 saturated heterocycles. The van der Waals surface area contributed by atoms with Crippen LogP contribution in [0.5, 0.6) is 0 Å². The number of carboxylic acids is 1. The number of hydrogen-bond donors (Lipinski definition) is 3. The standard InChI is InChI=1S/C14H25N3O3/c1-10(4-5-13(18)19)15-14(20)16-11-6-8-17-7-2-3-12(17)9-11/h10-12H,2-9H2,1H3,(H,18,19)(H2,15,16,20). The Hall–Kier alpha value is -1.30. The summed E-state index contributed by atoms with van der Waals surface area (Å²) in [4.78, 5) is 24.9. The smallest absolute Gasteiger partial charge is 0.315 e. The lowest BCUT2D eigenvalue weighted by atomic mass is 9.98. The molecule has 2 aliphatic rings. The fourth-order valence-corrected chi connectivity index (χ4v) is 3.22. The average molecular weight is 283 g/mol. The molecule has 0 aromatic heterocycles. The van der Waals surface area contributed by atoms with E-state index in [2.05, 4.69) is 15.5 Å². The molecule has 0 bridgehead atoms. The molecule has 0 aromatic rings. The van der Waals surface area contributed by atoms with Gasteiger partial charge in [0.25, 0.3) is 0 Å². The van der Waals surface area contributed by atoms with E-state index in [4.69, 9.17) is 5.11 Å². The number of hydrogen-bond acceptors (Lipinski definition) is 3. The van der Waals surface area contributed by atoms with Gasteiger partial charge in [-0.2, -0.15) is 0 Å². The van der Waals surface area contributed by atoms with Gasteiger partial charge in [-0.3, -0.25) is 4.79 Å². The maximum absolute atomic E-state index is 11.9. The van der Waals surface area contributed by atoms with Crippen LogP contribution in [0, 0.1) is 0 Å². The molecule has 2 aliphatic heterocycles. The number of carboxylic acid groups (broad SMARTS) is 1. The van der Waals surface area contributed by atoms with Gasteiger partial charge in [0.1, 0.15) is 0 Å². The predicted octanol–water partition coefficient (Wildman–Crippen LogP) is 1.17. The van der Waals surface area contributed by atoms with Crippen LogP contribution in [0.1, 0.15) is 45.4 Å². The average Bonchev–Trinajstić information content (AvgIpc) is 2.83. The van der Waals surface area contributed by atoms with E-state index >= 15 is 0 Å². The number of piperidine rings is 1. The molecular formula is C14H25N3O3. The molecule has 2 amide bonds. The van der Waals surface area contributed by atoms with Crippen molar-refractivity contribution in [2.75, 3.05) is 13.1 Å². The van der Waals surface area contributed by atoms with E-state index in [1.807, 2.05) is 6.92 Å². The van der Waals surface area contributed by atoms with Crippen LogP contribution in [0.4, 0.5) is 4.79 Å². The molecule has 3 atom stereocenters. The van der Waals surface area contributed by atoms with Crippen molar-refractivity contribution in [3.8, 4) is 0 Å². The summed E-state index contributed by atoms with van der Waals surface area (Å²) in [6.45, 7) is 4.11. The molecule has 114 valence electrons. The van der Waals surface area contributed by atoms with E-state index in [-0.39, 0.29) is 24.5 Å². The molecule has 0 spiro atoms. The van der Waals surface area contributed by atoms with Crippen molar-refractivity contribution < 1.29 is 14.7 Å². The topological polar surface area (TPSA) is 81.7 Å². The van der Waals surface area contributed by atoms with Crippen LogP contribution in [-0.2, 0) is 4.79 Å². The fourth-order valence-electron chi connectivity index (χ4n) is 3.22. The lowest BCUT2D eigenvalue weighted by Crippen LogP contribution is -2.51. The van der Waals surface area contributed by atoms with Crippen molar-refractivity contribution in [2.45, 2.75) is 63.6 Å². The van der Waals surface area contributed by atoms with Crippen molar-refractivity contribution in [2.24, 2.45) is 0 Å². The third-order valence-electron chi connectivity index (χ3n) is 4.32. The summed E-state index contributed by atoms with van der Waals surface area (Å²) in [7, 11) is 0. The van der Waals surface area contributed by atoms with Gasteiger partial charge in [-0.15, -0.1) is 0 Å². The Bertz CT molecular complexity index is 362. The highest BCUT2D eigenvalue weighted by molar-refractivity contribution is 5.74. The summed E-state index contributed by atoms with van der Waals surface area (Å²) in [6.07, 6.45) is 5.11. The largest absolute Gasteiger partial charge is 0.481 e. The Labute approximate surface area is 119 Å². The van der Waals surface area contributed by atoms with E-state index in [1.165, 1.54) is 19.4 Å². The van der Waals surface area contributed by atoms with Crippen LogP contribution in [0.25, 0.3) is 0 Å². The van der Waals surface area contributed by atoms with Crippen molar-refractivity contribution in [1.29, 1.82) is 0 Å². The van der Waals surface area contributed by atoms with Crippen LogP contribution >= 0.6 is 0 Å². The lowest BCUT2D eigenvalue weighted by molar-refractivity contribution is -0.137. The molecule has 0 saturated carbocycles. The Morgan fingerprint density at radius 2 is 2.15 bits per heavy atom. The molecule has 20 heavy (non-hydrogen) atoms. The van der Waals surface area contributed by atoms with Crippen LogP contribution in [0.3, 0.4) is 0 Å². The zero-order valence-corrected chi connectivity index (χ0v) is 12.1. The van der Waals surface area contributed by atoms with Gasteiger partial charge < -0.3 is 20.6 Å². The first-order chi connectivity index (χ1) is 9.54. The lowest BCUT2D eigenvalue weighted by Gasteiger charge is -2.35. The van der Waals surface area contributed by atoms with E-state index in [0.29, 0.717) is 12.5 Å². The van der Waals surface area contributed by atoms with Crippen LogP contribution < -0.4 is 10.6 Å². The molecule has 0 aliphatic carbocycles. The Balaban J connectivity index is 1.67. The molecule has 6 nitrogen and oxygen atoms in total. The maximum Gasteiger partial charge on any atom is 0.315 e. The number of fused-ring (bicyclic) bond motifs is 1. The van der Waals surface area contributed by atoms with Gasteiger partial charge in [-0.25, -0.2) is 4.79 Å². The van der Waals surface area contributed by atoms with E-state index in [0.717, 1.165) is 19.4 Å². The number of carbonyl (C=O) groups excluding carboxylic acids is 1. The summed E-state index contributed by atoms with van der Waals surface area (Å²) in [5.41, 5.74) is 0. The van der Waals surface area contributed by atoms with Crippen LogP contribution in [-0.4, -0.2) is 53.2 Å². The molecule has 3 N–H and O–H groups in total. The minimum absolute atomic E-state index is 0.0852. The highest BCUT2D eigenvalue weighted by atomic mass is 16.4. The first-order valence-electron chi connectivity index (χ1n) is 7.57. The quantitative estimate of drug-likeness (QED) is 0.707. The van der Waals surface area contributed by atoms with E-state index < -0.39 is 5.97 Å². The highest BCUT2D eigenvalue weighted by Crippen LogP contribution is 2.26. The third kappa shape index (κ3) is 4.37. The summed E-state index contributed by atoms with van der Waals surface area (Å²) >= 11 is 0. The first kappa shape index (κ1) is 15.1. The maximum atomic E-state index is 11.9.